The molecule has 8 heteroatoms. The lowest BCUT2D eigenvalue weighted by Crippen LogP contribution is -2.37. The number of aromatic nitrogens is 4. The molecule has 3 aromatic rings. The molecule has 1 aromatic carbocycles. The van der Waals surface area contributed by atoms with Crippen molar-refractivity contribution in [2.45, 2.75) is 84.2 Å². The van der Waals surface area contributed by atoms with Crippen LogP contribution in [0.15, 0.2) is 41.7 Å². The highest BCUT2D eigenvalue weighted by molar-refractivity contribution is 6.41. The van der Waals surface area contributed by atoms with E-state index >= 15 is 0 Å². The molecule has 0 amide bonds. The Bertz CT molecular complexity index is 1460. The summed E-state index contributed by atoms with van der Waals surface area (Å²) in [6, 6.07) is 10.6. The number of likely N-dealkylation sites (tertiary alicyclic amines) is 1. The number of nitrogens with zero attached hydrogens (tertiary/aromatic N) is 6. The zero-order valence-corrected chi connectivity index (χ0v) is 25.5. The standard InChI is InChI=1S/C34H44N6O2/c1-34(2,3)26-9-10-28-25(17-26)18-29-30(36-28)20-31(37-29)32(42)19-24(11-14-40-15-12-27(41)13-16-40)22-5-7-23(8-6-22)33-38-35-21-39(33)4/h5-8,18,21,24,26-27,41H,9-17,19-20H2,1-4H3/t24-,26-/m0/s1. The van der Waals surface area contributed by atoms with E-state index in [4.69, 9.17) is 9.98 Å². The Morgan fingerprint density at radius 2 is 1.86 bits per heavy atom. The Morgan fingerprint density at radius 3 is 2.55 bits per heavy atom. The molecule has 8 nitrogen and oxygen atoms in total. The summed E-state index contributed by atoms with van der Waals surface area (Å²) < 4.78 is 1.91. The van der Waals surface area contributed by atoms with Gasteiger partial charge in [0, 0.05) is 44.2 Å². The molecule has 2 atom stereocenters. The highest BCUT2D eigenvalue weighted by atomic mass is 16.3. The Kier molecular flexibility index (Phi) is 8.11. The van der Waals surface area contributed by atoms with E-state index in [0.717, 1.165) is 80.1 Å². The summed E-state index contributed by atoms with van der Waals surface area (Å²) in [7, 11) is 1.94. The Labute approximate surface area is 249 Å². The molecule has 3 aliphatic rings. The van der Waals surface area contributed by atoms with Gasteiger partial charge in [0.1, 0.15) is 6.33 Å². The third-order valence-electron chi connectivity index (χ3n) is 9.71. The second-order valence-corrected chi connectivity index (χ2v) is 13.7. The summed E-state index contributed by atoms with van der Waals surface area (Å²) in [5, 5.41) is 18.2. The number of aliphatic hydroxyl groups is 1. The van der Waals surface area contributed by atoms with Gasteiger partial charge in [-0.2, -0.15) is 0 Å². The topological polar surface area (TPSA) is 96.5 Å². The number of piperidine rings is 1. The third kappa shape index (κ3) is 6.25. The summed E-state index contributed by atoms with van der Waals surface area (Å²) in [6.45, 7) is 9.69. The quantitative estimate of drug-likeness (QED) is 0.399. The van der Waals surface area contributed by atoms with E-state index in [0.29, 0.717) is 24.5 Å². The average molecular weight is 569 g/mol. The van der Waals surface area contributed by atoms with E-state index in [1.54, 1.807) is 6.33 Å². The van der Waals surface area contributed by atoms with E-state index in [9.17, 15) is 9.90 Å². The second kappa shape index (κ2) is 11.8. The molecule has 1 saturated heterocycles. The summed E-state index contributed by atoms with van der Waals surface area (Å²) in [5.74, 6) is 1.66. The molecule has 0 saturated carbocycles. The van der Waals surface area contributed by atoms with Gasteiger partial charge < -0.3 is 14.6 Å². The van der Waals surface area contributed by atoms with Crippen LogP contribution in [0.25, 0.3) is 11.4 Å². The molecule has 0 spiro atoms. The van der Waals surface area contributed by atoms with Gasteiger partial charge in [-0.05, 0) is 79.5 Å². The van der Waals surface area contributed by atoms with Gasteiger partial charge >= 0.3 is 0 Å². The van der Waals surface area contributed by atoms with Crippen LogP contribution >= 0.6 is 0 Å². The Morgan fingerprint density at radius 1 is 1.10 bits per heavy atom. The van der Waals surface area contributed by atoms with Crippen LogP contribution in [0.5, 0.6) is 0 Å². The fourth-order valence-corrected chi connectivity index (χ4v) is 6.82. The maximum atomic E-state index is 13.8. The molecule has 1 N–H and O–H groups in total. The average Bonchev–Trinajstić information content (AvgIpc) is 3.59. The third-order valence-corrected chi connectivity index (χ3v) is 9.71. The van der Waals surface area contributed by atoms with Crippen molar-refractivity contribution < 1.29 is 9.90 Å². The largest absolute Gasteiger partial charge is 0.393 e. The van der Waals surface area contributed by atoms with Crippen LogP contribution in [-0.2, 0) is 31.1 Å². The lowest BCUT2D eigenvalue weighted by Gasteiger charge is -2.34. The number of Topliss-reactive ketones (excluding diaryl/α,β-unsaturated/α-hetero) is 1. The lowest BCUT2D eigenvalue weighted by atomic mass is 9.71. The van der Waals surface area contributed by atoms with E-state index in [2.05, 4.69) is 66.2 Å². The molecule has 4 heterocycles. The van der Waals surface area contributed by atoms with Gasteiger partial charge in [-0.1, -0.05) is 45.0 Å². The van der Waals surface area contributed by atoms with Crippen LogP contribution < -0.4 is 0 Å². The SMILES string of the molecule is Cn1cnnc1-c1ccc([C@@H](CCN2CCC(O)CC2)CC(=O)C2=Nc3cc4c(nc3C2)CC[C@H](C(C)(C)C)C4)cc1. The van der Waals surface area contributed by atoms with Gasteiger partial charge in [-0.3, -0.25) is 9.78 Å². The van der Waals surface area contributed by atoms with Gasteiger partial charge in [0.25, 0.3) is 0 Å². The molecular formula is C34H44N6O2. The molecule has 1 aliphatic carbocycles. The number of aliphatic hydroxyl groups excluding tert-OH is 1. The van der Waals surface area contributed by atoms with Crippen molar-refractivity contribution in [1.82, 2.24) is 24.6 Å². The van der Waals surface area contributed by atoms with Crippen LogP contribution in [0.1, 0.15) is 81.3 Å². The van der Waals surface area contributed by atoms with Crippen molar-refractivity contribution in [1.29, 1.82) is 0 Å². The highest BCUT2D eigenvalue weighted by Gasteiger charge is 2.32. The minimum Gasteiger partial charge on any atom is -0.393 e. The Balaban J connectivity index is 1.18. The van der Waals surface area contributed by atoms with Gasteiger partial charge in [0.05, 0.1) is 23.2 Å². The van der Waals surface area contributed by atoms with Gasteiger partial charge in [0.2, 0.25) is 0 Å². The zero-order valence-electron chi connectivity index (χ0n) is 25.5. The minimum atomic E-state index is -0.188. The van der Waals surface area contributed by atoms with Crippen LogP contribution in [0.3, 0.4) is 0 Å². The second-order valence-electron chi connectivity index (χ2n) is 13.7. The highest BCUT2D eigenvalue weighted by Crippen LogP contribution is 2.39. The fraction of sp³-hybridized carbons (Fsp3) is 0.559. The zero-order chi connectivity index (χ0) is 29.4. The first-order chi connectivity index (χ1) is 20.1. The smallest absolute Gasteiger partial charge is 0.178 e. The first-order valence-corrected chi connectivity index (χ1v) is 15.6. The maximum Gasteiger partial charge on any atom is 0.178 e. The molecular weight excluding hydrogens is 524 g/mol. The molecule has 2 aliphatic heterocycles. The van der Waals surface area contributed by atoms with Crippen LogP contribution in [0.2, 0.25) is 0 Å². The van der Waals surface area contributed by atoms with Crippen molar-refractivity contribution in [3.05, 3.63) is 59.2 Å². The summed E-state index contributed by atoms with van der Waals surface area (Å²) in [4.78, 5) is 26.1. The normalized spacial score (nSPS) is 20.2. The maximum absolute atomic E-state index is 13.8. The van der Waals surface area contributed by atoms with Crippen LogP contribution in [0, 0.1) is 11.3 Å². The minimum absolute atomic E-state index is 0.0815. The molecule has 0 unspecified atom stereocenters. The first-order valence-electron chi connectivity index (χ1n) is 15.6. The van der Waals surface area contributed by atoms with E-state index in [1.807, 2.05) is 11.6 Å². The number of aryl methyl sites for hydroxylation is 2. The number of benzene rings is 1. The van der Waals surface area contributed by atoms with E-state index in [-0.39, 0.29) is 23.2 Å². The van der Waals surface area contributed by atoms with Crippen molar-refractivity contribution in [2.24, 2.45) is 23.4 Å². The van der Waals surface area contributed by atoms with Gasteiger partial charge in [-0.15, -0.1) is 10.2 Å². The molecule has 1 fully saturated rings. The number of carbonyl (C=O) groups is 1. The number of hydrogen-bond acceptors (Lipinski definition) is 7. The summed E-state index contributed by atoms with van der Waals surface area (Å²) in [6.07, 6.45) is 8.21. The van der Waals surface area contributed by atoms with E-state index in [1.165, 1.54) is 17.7 Å². The molecule has 0 radical (unpaired) electrons. The number of fused-ring (bicyclic) bond motifs is 2. The van der Waals surface area contributed by atoms with E-state index < -0.39 is 0 Å². The summed E-state index contributed by atoms with van der Waals surface area (Å²) >= 11 is 0. The van der Waals surface area contributed by atoms with Crippen molar-refractivity contribution in [2.75, 3.05) is 19.6 Å². The van der Waals surface area contributed by atoms with Crippen molar-refractivity contribution in [3.63, 3.8) is 0 Å². The number of rotatable bonds is 8. The number of carbonyl (C=O) groups excluding carboxylic acids is 1. The number of pyridine rings is 1. The van der Waals surface area contributed by atoms with Gasteiger partial charge in [-0.25, -0.2) is 4.99 Å². The number of hydrogen-bond donors (Lipinski definition) is 1. The van der Waals surface area contributed by atoms with Crippen molar-refractivity contribution >= 4 is 17.2 Å². The fourth-order valence-electron chi connectivity index (χ4n) is 6.82. The monoisotopic (exact) mass is 568 g/mol. The lowest BCUT2D eigenvalue weighted by molar-refractivity contribution is -0.113. The molecule has 42 heavy (non-hydrogen) atoms. The predicted molar refractivity (Wildman–Crippen MR) is 165 cm³/mol. The molecule has 0 bridgehead atoms. The van der Waals surface area contributed by atoms with Crippen LogP contribution in [-0.4, -0.2) is 67.0 Å². The Hall–Kier alpha value is -3.23. The molecule has 2 aromatic heterocycles. The molecule has 6 rings (SSSR count). The first kappa shape index (κ1) is 28.9. The number of aliphatic imine (C=N–C) groups is 1. The van der Waals surface area contributed by atoms with Gasteiger partial charge in [0.15, 0.2) is 11.6 Å². The predicted octanol–water partition coefficient (Wildman–Crippen LogP) is 5.25. The van der Waals surface area contributed by atoms with Crippen LogP contribution in [0.4, 0.5) is 5.69 Å². The number of ketones is 1. The van der Waals surface area contributed by atoms with Crippen molar-refractivity contribution in [3.8, 4) is 11.4 Å². The summed E-state index contributed by atoms with van der Waals surface area (Å²) in [5.41, 5.74) is 7.45. The molecule has 222 valence electrons.